The van der Waals surface area contributed by atoms with E-state index >= 15 is 0 Å². The predicted octanol–water partition coefficient (Wildman–Crippen LogP) is 2.57. The van der Waals surface area contributed by atoms with Crippen LogP contribution in [0.3, 0.4) is 0 Å². The molecule has 0 aromatic carbocycles. The van der Waals surface area contributed by atoms with Crippen molar-refractivity contribution in [1.29, 1.82) is 0 Å². The summed E-state index contributed by atoms with van der Waals surface area (Å²) < 4.78 is 0. The maximum atomic E-state index is 5.05. The Labute approximate surface area is 59.8 Å². The monoisotopic (exact) mass is 174 g/mol. The third-order valence-corrected chi connectivity index (χ3v) is 1.38. The molecule has 0 radical (unpaired) electrons. The molecule has 0 aliphatic rings. The molecule has 0 aliphatic carbocycles. The van der Waals surface area contributed by atoms with Crippen molar-refractivity contribution in [2.24, 2.45) is 0 Å². The van der Waals surface area contributed by atoms with Gasteiger partial charge in [-0.15, -0.1) is 12.3 Å². The first kappa shape index (κ1) is 8.04. The number of hydrogen-bond donors (Lipinski definition) is 0. The Morgan fingerprint density at radius 2 is 2.38 bits per heavy atom. The second kappa shape index (κ2) is 5.18. The molecule has 0 fully saturated rings. The molecule has 1 heteroatoms. The summed E-state index contributed by atoms with van der Waals surface area (Å²) in [6.45, 7) is 2.14. The average Bonchev–Trinajstić information content (AvgIpc) is 1.66. The molecule has 0 aromatic heterocycles. The maximum absolute atomic E-state index is 5.05. The van der Waals surface area contributed by atoms with Crippen molar-refractivity contribution in [3.8, 4) is 12.3 Å². The van der Waals surface area contributed by atoms with Gasteiger partial charge in [-0.2, -0.15) is 0 Å². The predicted molar refractivity (Wildman–Crippen MR) is 41.1 cm³/mol. The van der Waals surface area contributed by atoms with Crippen LogP contribution < -0.4 is 0 Å². The molecule has 0 aromatic rings. The molecule has 0 saturated carbocycles. The average molecular weight is 175 g/mol. The van der Waals surface area contributed by atoms with E-state index in [0.29, 0.717) is 4.83 Å². The number of unbranched alkanes of at least 4 members (excludes halogenated alkanes) is 1. The first-order valence-electron chi connectivity index (χ1n) is 2.85. The van der Waals surface area contributed by atoms with Crippen molar-refractivity contribution < 1.29 is 0 Å². The van der Waals surface area contributed by atoms with Gasteiger partial charge in [-0.3, -0.25) is 0 Å². The van der Waals surface area contributed by atoms with Crippen LogP contribution in [0.1, 0.15) is 26.2 Å². The minimum Gasteiger partial charge on any atom is -0.120 e. The molecule has 0 nitrogen and oxygen atoms in total. The van der Waals surface area contributed by atoms with Crippen LogP contribution >= 0.6 is 15.9 Å². The van der Waals surface area contributed by atoms with Crippen LogP contribution in [-0.2, 0) is 0 Å². The summed E-state index contributed by atoms with van der Waals surface area (Å²) in [4.78, 5) is 0.621. The topological polar surface area (TPSA) is 0 Å². The molecule has 1 atom stereocenters. The molecule has 0 amide bonds. The fourth-order valence-electron chi connectivity index (χ4n) is 0.485. The zero-order valence-corrected chi connectivity index (χ0v) is 6.74. The molecular weight excluding hydrogens is 164 g/mol. The van der Waals surface area contributed by atoms with E-state index in [0.717, 1.165) is 12.8 Å². The van der Waals surface area contributed by atoms with Gasteiger partial charge < -0.3 is 0 Å². The zero-order chi connectivity index (χ0) is 6.41. The summed E-state index contributed by atoms with van der Waals surface area (Å²) >= 11 is 3.44. The minimum atomic E-state index is 0.621. The standard InChI is InChI=1S/C7H11Br/c1-3-4-5-6-7(2)8/h1,7H,4-6H2,2H3. The van der Waals surface area contributed by atoms with Crippen molar-refractivity contribution in [2.45, 2.75) is 31.0 Å². The summed E-state index contributed by atoms with van der Waals surface area (Å²) in [5.74, 6) is 2.60. The minimum absolute atomic E-state index is 0.621. The normalized spacial score (nSPS) is 12.6. The van der Waals surface area contributed by atoms with Crippen LogP contribution in [-0.4, -0.2) is 4.83 Å². The first-order chi connectivity index (χ1) is 3.77. The van der Waals surface area contributed by atoms with Gasteiger partial charge in [0.2, 0.25) is 0 Å². The third-order valence-electron chi connectivity index (χ3n) is 0.923. The smallest absolute Gasteiger partial charge is 0.0117 e. The molecule has 0 bridgehead atoms. The summed E-state index contributed by atoms with van der Waals surface area (Å²) in [5, 5.41) is 0. The molecular formula is C7H11Br. The van der Waals surface area contributed by atoms with Crippen LogP contribution in [0.15, 0.2) is 0 Å². The second-order valence-electron chi connectivity index (χ2n) is 1.88. The molecule has 0 saturated heterocycles. The maximum Gasteiger partial charge on any atom is 0.0117 e. The van der Waals surface area contributed by atoms with Gasteiger partial charge in [0, 0.05) is 11.2 Å². The Morgan fingerprint density at radius 1 is 1.75 bits per heavy atom. The molecule has 0 rings (SSSR count). The number of hydrogen-bond acceptors (Lipinski definition) is 0. The van der Waals surface area contributed by atoms with E-state index in [4.69, 9.17) is 6.42 Å². The van der Waals surface area contributed by atoms with Crippen LogP contribution in [0.2, 0.25) is 0 Å². The highest BCUT2D eigenvalue weighted by Gasteiger charge is 1.91. The van der Waals surface area contributed by atoms with E-state index in [2.05, 4.69) is 28.8 Å². The third kappa shape index (κ3) is 6.04. The van der Waals surface area contributed by atoms with Crippen LogP contribution in [0, 0.1) is 12.3 Å². The first-order valence-corrected chi connectivity index (χ1v) is 3.76. The van der Waals surface area contributed by atoms with E-state index in [-0.39, 0.29) is 0 Å². The Kier molecular flexibility index (Phi) is 5.21. The fourth-order valence-corrected chi connectivity index (χ4v) is 0.809. The van der Waals surface area contributed by atoms with E-state index in [1.165, 1.54) is 6.42 Å². The summed E-state index contributed by atoms with van der Waals surface area (Å²) in [5.41, 5.74) is 0. The number of halogens is 1. The SMILES string of the molecule is C#CCCCC(C)Br. The molecule has 1 unspecified atom stereocenters. The van der Waals surface area contributed by atoms with Crippen LogP contribution in [0.4, 0.5) is 0 Å². The summed E-state index contributed by atoms with van der Waals surface area (Å²) in [6, 6.07) is 0. The van der Waals surface area contributed by atoms with Crippen molar-refractivity contribution in [2.75, 3.05) is 0 Å². The fraction of sp³-hybridized carbons (Fsp3) is 0.714. The number of terminal acetylenes is 1. The van der Waals surface area contributed by atoms with Gasteiger partial charge in [0.05, 0.1) is 0 Å². The second-order valence-corrected chi connectivity index (χ2v) is 3.44. The zero-order valence-electron chi connectivity index (χ0n) is 5.15. The molecule has 0 spiro atoms. The van der Waals surface area contributed by atoms with E-state index in [1.54, 1.807) is 0 Å². The molecule has 8 heavy (non-hydrogen) atoms. The van der Waals surface area contributed by atoms with Crippen molar-refractivity contribution >= 4 is 15.9 Å². The lowest BCUT2D eigenvalue weighted by molar-refractivity contribution is 0.758. The Morgan fingerprint density at radius 3 is 2.75 bits per heavy atom. The van der Waals surface area contributed by atoms with Gasteiger partial charge in [0.25, 0.3) is 0 Å². The van der Waals surface area contributed by atoms with Gasteiger partial charge >= 0.3 is 0 Å². The van der Waals surface area contributed by atoms with Gasteiger partial charge in [0.1, 0.15) is 0 Å². The Hall–Kier alpha value is 0.0400. The number of alkyl halides is 1. The van der Waals surface area contributed by atoms with Gasteiger partial charge in [-0.05, 0) is 12.8 Å². The molecule has 46 valence electrons. The number of rotatable bonds is 3. The van der Waals surface area contributed by atoms with Gasteiger partial charge in [-0.25, -0.2) is 0 Å². The summed E-state index contributed by atoms with van der Waals surface area (Å²) in [7, 11) is 0. The molecule has 0 N–H and O–H groups in total. The lowest BCUT2D eigenvalue weighted by atomic mass is 10.2. The molecule has 0 aliphatic heterocycles. The van der Waals surface area contributed by atoms with Crippen LogP contribution in [0.5, 0.6) is 0 Å². The van der Waals surface area contributed by atoms with Crippen molar-refractivity contribution in [3.05, 3.63) is 0 Å². The van der Waals surface area contributed by atoms with Gasteiger partial charge in [0.15, 0.2) is 0 Å². The quantitative estimate of drug-likeness (QED) is 0.351. The van der Waals surface area contributed by atoms with Crippen molar-refractivity contribution in [1.82, 2.24) is 0 Å². The van der Waals surface area contributed by atoms with E-state index < -0.39 is 0 Å². The molecule has 0 heterocycles. The van der Waals surface area contributed by atoms with Crippen molar-refractivity contribution in [3.63, 3.8) is 0 Å². The van der Waals surface area contributed by atoms with Crippen LogP contribution in [0.25, 0.3) is 0 Å². The van der Waals surface area contributed by atoms with E-state index in [9.17, 15) is 0 Å². The Balaban J connectivity index is 2.85. The van der Waals surface area contributed by atoms with Gasteiger partial charge in [-0.1, -0.05) is 22.9 Å². The summed E-state index contributed by atoms with van der Waals surface area (Å²) in [6.07, 6.45) is 8.29. The highest BCUT2D eigenvalue weighted by molar-refractivity contribution is 9.09. The van der Waals surface area contributed by atoms with E-state index in [1.807, 2.05) is 0 Å². The largest absolute Gasteiger partial charge is 0.120 e. The Bertz CT molecular complexity index is 78.9. The lowest BCUT2D eigenvalue weighted by Crippen LogP contribution is -1.87. The highest BCUT2D eigenvalue weighted by Crippen LogP contribution is 2.07. The highest BCUT2D eigenvalue weighted by atomic mass is 79.9. The lowest BCUT2D eigenvalue weighted by Gasteiger charge is -1.96.